The zero-order chi connectivity index (χ0) is 16.6. The second-order valence-corrected chi connectivity index (χ2v) is 9.42. The Labute approximate surface area is 139 Å². The van der Waals surface area contributed by atoms with Crippen molar-refractivity contribution in [3.05, 3.63) is 11.6 Å². The second kappa shape index (κ2) is 4.62. The Balaban J connectivity index is 1.81. The van der Waals surface area contributed by atoms with E-state index in [4.69, 9.17) is 0 Å². The van der Waals surface area contributed by atoms with Gasteiger partial charge < -0.3 is 10.2 Å². The SMILES string of the molecule is CC1=C[C@]23C[C@H]1CC[C@H]2[C@]1(C)CCC[C@@](C)(C(=O)O)[C@H]1C[C@H]3O. The van der Waals surface area contributed by atoms with E-state index in [-0.39, 0.29) is 22.9 Å². The van der Waals surface area contributed by atoms with Crippen LogP contribution in [0.5, 0.6) is 0 Å². The molecule has 3 nitrogen and oxygen atoms in total. The number of hydrogen-bond acceptors (Lipinski definition) is 2. The monoisotopic (exact) mass is 318 g/mol. The lowest BCUT2D eigenvalue weighted by Gasteiger charge is -2.64. The normalized spacial score (nSPS) is 54.9. The molecule has 0 aromatic carbocycles. The Morgan fingerprint density at radius 1 is 1.22 bits per heavy atom. The summed E-state index contributed by atoms with van der Waals surface area (Å²) in [6.07, 6.45) is 9.03. The summed E-state index contributed by atoms with van der Waals surface area (Å²) in [7, 11) is 0. The smallest absolute Gasteiger partial charge is 0.309 e. The van der Waals surface area contributed by atoms with Crippen LogP contribution in [0.3, 0.4) is 0 Å². The molecule has 4 aliphatic rings. The van der Waals surface area contributed by atoms with Crippen LogP contribution in [0.25, 0.3) is 0 Å². The molecule has 0 amide bonds. The van der Waals surface area contributed by atoms with Crippen molar-refractivity contribution in [2.45, 2.75) is 71.8 Å². The summed E-state index contributed by atoms with van der Waals surface area (Å²) in [6.45, 7) is 6.51. The van der Waals surface area contributed by atoms with Crippen molar-refractivity contribution in [2.75, 3.05) is 0 Å². The van der Waals surface area contributed by atoms with Gasteiger partial charge in [-0.2, -0.15) is 0 Å². The van der Waals surface area contributed by atoms with Crippen molar-refractivity contribution in [1.82, 2.24) is 0 Å². The summed E-state index contributed by atoms with van der Waals surface area (Å²) in [4.78, 5) is 12.1. The first-order valence-corrected chi connectivity index (χ1v) is 9.35. The lowest BCUT2D eigenvalue weighted by atomic mass is 9.40. The molecule has 2 bridgehead atoms. The quantitative estimate of drug-likeness (QED) is 0.718. The van der Waals surface area contributed by atoms with Gasteiger partial charge in [0.25, 0.3) is 0 Å². The maximum absolute atomic E-state index is 12.1. The largest absolute Gasteiger partial charge is 0.481 e. The molecule has 4 rings (SSSR count). The van der Waals surface area contributed by atoms with Crippen molar-refractivity contribution in [2.24, 2.45) is 34.0 Å². The molecule has 3 fully saturated rings. The lowest BCUT2D eigenvalue weighted by Crippen LogP contribution is -2.62. The highest BCUT2D eigenvalue weighted by atomic mass is 16.4. The number of carboxylic acid groups (broad SMARTS) is 1. The topological polar surface area (TPSA) is 57.5 Å². The molecular weight excluding hydrogens is 288 g/mol. The summed E-state index contributed by atoms with van der Waals surface area (Å²) in [5.41, 5.74) is 0.764. The third-order valence-corrected chi connectivity index (χ3v) is 8.53. The Hall–Kier alpha value is -0.830. The first-order chi connectivity index (χ1) is 10.7. The van der Waals surface area contributed by atoms with Gasteiger partial charge in [-0.25, -0.2) is 0 Å². The van der Waals surface area contributed by atoms with E-state index in [0.29, 0.717) is 18.3 Å². The first-order valence-electron chi connectivity index (χ1n) is 9.35. The lowest BCUT2D eigenvalue weighted by molar-refractivity contribution is -0.199. The fourth-order valence-electron chi connectivity index (χ4n) is 7.36. The van der Waals surface area contributed by atoms with E-state index in [1.165, 1.54) is 12.0 Å². The van der Waals surface area contributed by atoms with E-state index in [1.807, 2.05) is 6.92 Å². The van der Waals surface area contributed by atoms with Crippen molar-refractivity contribution in [3.8, 4) is 0 Å². The molecule has 0 aliphatic heterocycles. The predicted molar refractivity (Wildman–Crippen MR) is 88.8 cm³/mol. The average molecular weight is 318 g/mol. The fraction of sp³-hybridized carbons (Fsp3) is 0.850. The van der Waals surface area contributed by atoms with E-state index in [2.05, 4.69) is 19.9 Å². The molecule has 3 saturated carbocycles. The Bertz CT molecular complexity index is 581. The molecule has 7 atom stereocenters. The number of carbonyl (C=O) groups is 1. The molecule has 0 aromatic rings. The molecule has 0 saturated heterocycles. The van der Waals surface area contributed by atoms with E-state index in [9.17, 15) is 15.0 Å². The van der Waals surface area contributed by atoms with Crippen molar-refractivity contribution < 1.29 is 15.0 Å². The van der Waals surface area contributed by atoms with Gasteiger partial charge in [0.05, 0.1) is 11.5 Å². The molecule has 128 valence electrons. The van der Waals surface area contributed by atoms with Gasteiger partial charge in [-0.1, -0.05) is 25.0 Å². The van der Waals surface area contributed by atoms with Gasteiger partial charge in [-0.05, 0) is 75.5 Å². The van der Waals surface area contributed by atoms with Crippen LogP contribution in [-0.4, -0.2) is 22.3 Å². The van der Waals surface area contributed by atoms with Crippen LogP contribution in [0.2, 0.25) is 0 Å². The third kappa shape index (κ3) is 1.78. The number of hydrogen-bond donors (Lipinski definition) is 2. The van der Waals surface area contributed by atoms with Gasteiger partial charge in [0.2, 0.25) is 0 Å². The van der Waals surface area contributed by atoms with Crippen LogP contribution >= 0.6 is 0 Å². The summed E-state index contributed by atoms with van der Waals surface area (Å²) < 4.78 is 0. The summed E-state index contributed by atoms with van der Waals surface area (Å²) in [6, 6.07) is 0. The Morgan fingerprint density at radius 3 is 2.65 bits per heavy atom. The van der Waals surface area contributed by atoms with Gasteiger partial charge >= 0.3 is 5.97 Å². The Kier molecular flexibility index (Phi) is 3.15. The molecule has 0 aromatic heterocycles. The summed E-state index contributed by atoms with van der Waals surface area (Å²) in [5.74, 6) is 0.521. The van der Waals surface area contributed by atoms with Gasteiger partial charge in [-0.15, -0.1) is 0 Å². The van der Waals surface area contributed by atoms with Crippen molar-refractivity contribution in [1.29, 1.82) is 0 Å². The first kappa shape index (κ1) is 15.7. The number of fused-ring (bicyclic) bond motifs is 3. The summed E-state index contributed by atoms with van der Waals surface area (Å²) in [5, 5.41) is 21.0. The minimum absolute atomic E-state index is 0.0523. The number of rotatable bonds is 1. The van der Waals surface area contributed by atoms with Gasteiger partial charge in [0.1, 0.15) is 0 Å². The molecule has 0 radical (unpaired) electrons. The van der Waals surface area contributed by atoms with E-state index in [1.54, 1.807) is 0 Å². The number of aliphatic hydroxyl groups excluding tert-OH is 1. The standard InChI is InChI=1S/C20H30O3/c1-12-10-20-11-13(12)5-6-14(20)18(2)7-4-8-19(3,17(22)23)15(18)9-16(20)21/h10,13-16,21H,4-9,11H2,1-3H3,(H,22,23)/t13-,14+,15+,16-,18+,19-,20+/m1/s1. The van der Waals surface area contributed by atoms with E-state index < -0.39 is 11.4 Å². The number of carboxylic acids is 1. The summed E-state index contributed by atoms with van der Waals surface area (Å²) >= 11 is 0. The average Bonchev–Trinajstić information content (AvgIpc) is 2.73. The molecule has 1 spiro atoms. The highest BCUT2D eigenvalue weighted by Crippen LogP contribution is 2.70. The van der Waals surface area contributed by atoms with Crippen molar-refractivity contribution in [3.63, 3.8) is 0 Å². The molecule has 0 unspecified atom stereocenters. The number of allylic oxidation sites excluding steroid dienone is 1. The van der Waals surface area contributed by atoms with E-state index >= 15 is 0 Å². The minimum atomic E-state index is -0.677. The highest BCUT2D eigenvalue weighted by Gasteiger charge is 2.66. The van der Waals surface area contributed by atoms with Gasteiger partial charge in [0, 0.05) is 5.41 Å². The van der Waals surface area contributed by atoms with Crippen LogP contribution in [0.4, 0.5) is 0 Å². The molecule has 3 heteroatoms. The molecule has 23 heavy (non-hydrogen) atoms. The fourth-order valence-corrected chi connectivity index (χ4v) is 7.36. The maximum Gasteiger partial charge on any atom is 0.309 e. The van der Waals surface area contributed by atoms with Crippen LogP contribution < -0.4 is 0 Å². The number of aliphatic hydroxyl groups is 1. The zero-order valence-electron chi connectivity index (χ0n) is 14.6. The zero-order valence-corrected chi connectivity index (χ0v) is 14.6. The van der Waals surface area contributed by atoms with Gasteiger partial charge in [-0.3, -0.25) is 4.79 Å². The minimum Gasteiger partial charge on any atom is -0.481 e. The van der Waals surface area contributed by atoms with E-state index in [0.717, 1.165) is 32.1 Å². The van der Waals surface area contributed by atoms with Crippen LogP contribution in [0.15, 0.2) is 11.6 Å². The maximum atomic E-state index is 12.1. The van der Waals surface area contributed by atoms with Gasteiger partial charge in [0.15, 0.2) is 0 Å². The second-order valence-electron chi connectivity index (χ2n) is 9.42. The number of aliphatic carboxylic acids is 1. The molecule has 2 N–H and O–H groups in total. The highest BCUT2D eigenvalue weighted by molar-refractivity contribution is 5.75. The van der Waals surface area contributed by atoms with Crippen LogP contribution in [0.1, 0.15) is 65.7 Å². The third-order valence-electron chi connectivity index (χ3n) is 8.53. The van der Waals surface area contributed by atoms with Crippen LogP contribution in [-0.2, 0) is 4.79 Å². The Morgan fingerprint density at radius 2 is 1.96 bits per heavy atom. The molecule has 4 aliphatic carbocycles. The molecule has 0 heterocycles. The predicted octanol–water partition coefficient (Wildman–Crippen LogP) is 4.01. The molecular formula is C20H30O3. The van der Waals surface area contributed by atoms with Crippen LogP contribution in [0, 0.1) is 34.0 Å². The van der Waals surface area contributed by atoms with Crippen molar-refractivity contribution >= 4 is 5.97 Å².